The number of amides is 1. The zero-order valence-corrected chi connectivity index (χ0v) is 26.3. The number of nitrogens with zero attached hydrogens (tertiary/aromatic N) is 2. The average molecular weight is 612 g/mol. The Kier molecular flexibility index (Phi) is 9.27. The molecule has 5 rings (SSSR count). The predicted octanol–water partition coefficient (Wildman–Crippen LogP) is 6.55. The van der Waals surface area contributed by atoms with Crippen LogP contribution in [0, 0.1) is 13.8 Å². The van der Waals surface area contributed by atoms with Gasteiger partial charge >= 0.3 is 5.97 Å². The number of sulfonamides is 1. The summed E-state index contributed by atoms with van der Waals surface area (Å²) in [6, 6.07) is 20.5. The quantitative estimate of drug-likeness (QED) is 0.215. The van der Waals surface area contributed by atoms with Crippen molar-refractivity contribution in [3.63, 3.8) is 0 Å². The van der Waals surface area contributed by atoms with E-state index in [9.17, 15) is 18.0 Å². The molecule has 1 aliphatic rings. The number of para-hydroxylation sites is 1. The molecule has 228 valence electrons. The number of carbonyl (C=O) groups excluding carboxylic acids is 2. The molecule has 1 heterocycles. The van der Waals surface area contributed by atoms with E-state index in [2.05, 4.69) is 42.6 Å². The first-order chi connectivity index (χ1) is 21.1. The van der Waals surface area contributed by atoms with Crippen LogP contribution in [0.2, 0.25) is 0 Å². The third-order valence-electron chi connectivity index (χ3n) is 7.92. The van der Waals surface area contributed by atoms with Crippen molar-refractivity contribution in [1.82, 2.24) is 9.29 Å². The van der Waals surface area contributed by atoms with Crippen molar-refractivity contribution in [2.24, 2.45) is 0 Å². The summed E-state index contributed by atoms with van der Waals surface area (Å²) >= 11 is 0. The summed E-state index contributed by atoms with van der Waals surface area (Å²) in [5.41, 5.74) is 6.91. The lowest BCUT2D eigenvalue weighted by atomic mass is 9.86. The van der Waals surface area contributed by atoms with Crippen molar-refractivity contribution in [3.8, 4) is 0 Å². The van der Waals surface area contributed by atoms with E-state index >= 15 is 0 Å². The Morgan fingerprint density at radius 3 is 2.43 bits per heavy atom. The van der Waals surface area contributed by atoms with E-state index in [4.69, 9.17) is 9.72 Å². The number of hydrogen-bond donors (Lipinski definition) is 1. The Bertz CT molecular complexity index is 1860. The lowest BCUT2D eigenvalue weighted by Gasteiger charge is -2.22. The minimum atomic E-state index is -3.72. The van der Waals surface area contributed by atoms with Gasteiger partial charge in [-0.05, 0) is 79.6 Å². The number of anilines is 1. The first-order valence-electron chi connectivity index (χ1n) is 14.9. The largest absolute Gasteiger partial charge is 0.452 e. The second-order valence-electron chi connectivity index (χ2n) is 11.0. The minimum absolute atomic E-state index is 0.125. The molecule has 1 aliphatic carbocycles. The summed E-state index contributed by atoms with van der Waals surface area (Å²) in [5, 5.41) is 3.36. The van der Waals surface area contributed by atoms with Crippen LogP contribution >= 0.6 is 0 Å². The zero-order valence-electron chi connectivity index (χ0n) is 25.5. The first kappa shape index (κ1) is 31.1. The number of carbonyl (C=O) groups is 2. The number of nitrogens with one attached hydrogen (secondary N) is 1. The molecule has 1 aromatic heterocycles. The molecule has 44 heavy (non-hydrogen) atoms. The van der Waals surface area contributed by atoms with Gasteiger partial charge in [0.2, 0.25) is 10.0 Å². The molecule has 0 atom stereocenters. The summed E-state index contributed by atoms with van der Waals surface area (Å²) in [7, 11) is -3.72. The summed E-state index contributed by atoms with van der Waals surface area (Å²) in [5.74, 6) is -1.17. The number of esters is 1. The molecule has 0 saturated carbocycles. The number of ether oxygens (including phenoxy) is 1. The molecule has 0 fully saturated rings. The molecule has 0 saturated heterocycles. The highest BCUT2D eigenvalue weighted by atomic mass is 32.2. The molecule has 4 aromatic rings. The molecule has 1 N–H and O–H groups in total. The molecule has 0 unspecified atom stereocenters. The van der Waals surface area contributed by atoms with Crippen molar-refractivity contribution >= 4 is 50.1 Å². The fourth-order valence-electron chi connectivity index (χ4n) is 5.63. The number of benzene rings is 3. The highest BCUT2D eigenvalue weighted by Gasteiger charge is 2.27. The molecule has 9 heteroatoms. The predicted molar refractivity (Wildman–Crippen MR) is 174 cm³/mol. The minimum Gasteiger partial charge on any atom is -0.452 e. The van der Waals surface area contributed by atoms with E-state index in [-0.39, 0.29) is 4.90 Å². The molecular weight excluding hydrogens is 574 g/mol. The van der Waals surface area contributed by atoms with Crippen molar-refractivity contribution < 1.29 is 22.7 Å². The maximum absolute atomic E-state index is 13.6. The van der Waals surface area contributed by atoms with Crippen LogP contribution in [0.25, 0.3) is 22.6 Å². The van der Waals surface area contributed by atoms with E-state index in [1.165, 1.54) is 15.9 Å². The first-order valence-corrected chi connectivity index (χ1v) is 16.3. The fourth-order valence-corrected chi connectivity index (χ4v) is 7.34. The van der Waals surface area contributed by atoms with Gasteiger partial charge in [0.15, 0.2) is 6.61 Å². The monoisotopic (exact) mass is 611 g/mol. The van der Waals surface area contributed by atoms with Crippen LogP contribution < -0.4 is 5.32 Å². The second-order valence-corrected chi connectivity index (χ2v) is 12.9. The number of hydrogen-bond acceptors (Lipinski definition) is 6. The summed E-state index contributed by atoms with van der Waals surface area (Å²) in [6.45, 7) is 7.46. The Balaban J connectivity index is 1.39. The highest BCUT2D eigenvalue weighted by Crippen LogP contribution is 2.36. The van der Waals surface area contributed by atoms with Gasteiger partial charge in [-0.3, -0.25) is 4.79 Å². The van der Waals surface area contributed by atoms with Gasteiger partial charge in [-0.1, -0.05) is 67.9 Å². The number of allylic oxidation sites excluding steroid dienone is 1. The van der Waals surface area contributed by atoms with Gasteiger partial charge in [0, 0.05) is 24.2 Å². The van der Waals surface area contributed by atoms with Gasteiger partial charge in [-0.25, -0.2) is 18.2 Å². The Hall–Kier alpha value is -4.34. The van der Waals surface area contributed by atoms with Gasteiger partial charge in [0.1, 0.15) is 0 Å². The van der Waals surface area contributed by atoms with Crippen LogP contribution in [0.3, 0.4) is 0 Å². The fraction of sp³-hybridized carbons (Fsp3) is 0.286. The van der Waals surface area contributed by atoms with E-state index in [0.717, 1.165) is 35.2 Å². The van der Waals surface area contributed by atoms with Crippen LogP contribution in [-0.4, -0.2) is 49.3 Å². The third kappa shape index (κ3) is 6.44. The molecule has 1 amide bonds. The van der Waals surface area contributed by atoms with Gasteiger partial charge in [-0.15, -0.1) is 0 Å². The number of pyridine rings is 1. The molecular formula is C35H37N3O5S. The number of fused-ring (bicyclic) bond motifs is 2. The van der Waals surface area contributed by atoms with Crippen LogP contribution in [0.4, 0.5) is 5.69 Å². The third-order valence-corrected chi connectivity index (χ3v) is 10.1. The smallest absolute Gasteiger partial charge is 0.339 e. The molecule has 3 aromatic carbocycles. The SMILES string of the molecule is CCN(CC)S(=O)(=O)c1cc(NC(=O)COC(=O)c2c3c(nc4ccccc24)/C(=C/c2ccc(C)cc2)CCC3)ccc1C. The van der Waals surface area contributed by atoms with Gasteiger partial charge in [-0.2, -0.15) is 4.31 Å². The zero-order chi connectivity index (χ0) is 31.4. The molecule has 8 nitrogen and oxygen atoms in total. The van der Waals surface area contributed by atoms with E-state index < -0.39 is 28.5 Å². The van der Waals surface area contributed by atoms with Crippen LogP contribution in [0.5, 0.6) is 0 Å². The standard InChI is InChI=1S/C35H37N3O5S/c1-5-38(6-2)44(41,42)31-21-27(19-16-24(31)4)36-32(39)22-43-35(40)33-28-11-7-8-13-30(28)37-34-26(10-9-12-29(33)34)20-25-17-14-23(3)15-18-25/h7-8,11,13-21H,5-6,9-10,12,22H2,1-4H3,(H,36,39)/b26-20+. The van der Waals surface area contributed by atoms with Crippen LogP contribution in [-0.2, 0) is 26.0 Å². The van der Waals surface area contributed by atoms with E-state index in [1.54, 1.807) is 32.9 Å². The maximum Gasteiger partial charge on any atom is 0.339 e. The van der Waals surface area contributed by atoms with E-state index in [1.807, 2.05) is 24.3 Å². The van der Waals surface area contributed by atoms with Crippen LogP contribution in [0.1, 0.15) is 65.0 Å². The van der Waals surface area contributed by atoms with Crippen LogP contribution in [0.15, 0.2) is 71.6 Å². The van der Waals surface area contributed by atoms with Crippen molar-refractivity contribution in [2.45, 2.75) is 51.9 Å². The second kappa shape index (κ2) is 13.1. The average Bonchev–Trinajstić information content (AvgIpc) is 3.01. The maximum atomic E-state index is 13.6. The van der Waals surface area contributed by atoms with Crippen molar-refractivity contribution in [3.05, 3.63) is 100 Å². The summed E-state index contributed by atoms with van der Waals surface area (Å²) in [6.07, 6.45) is 4.49. The Morgan fingerprint density at radius 2 is 1.70 bits per heavy atom. The van der Waals surface area contributed by atoms with Gasteiger partial charge < -0.3 is 10.1 Å². The summed E-state index contributed by atoms with van der Waals surface area (Å²) < 4.78 is 33.2. The molecule has 0 bridgehead atoms. The molecule has 0 aliphatic heterocycles. The number of rotatable bonds is 9. The topological polar surface area (TPSA) is 106 Å². The number of aryl methyl sites for hydroxylation is 2. The molecule has 0 spiro atoms. The van der Waals surface area contributed by atoms with E-state index in [0.29, 0.717) is 47.2 Å². The van der Waals surface area contributed by atoms with Gasteiger partial charge in [0.25, 0.3) is 5.91 Å². The Morgan fingerprint density at radius 1 is 0.977 bits per heavy atom. The van der Waals surface area contributed by atoms with Crippen molar-refractivity contribution in [2.75, 3.05) is 25.0 Å². The summed E-state index contributed by atoms with van der Waals surface area (Å²) in [4.78, 5) is 31.6. The highest BCUT2D eigenvalue weighted by molar-refractivity contribution is 7.89. The van der Waals surface area contributed by atoms with Crippen molar-refractivity contribution in [1.29, 1.82) is 0 Å². The lowest BCUT2D eigenvalue weighted by molar-refractivity contribution is -0.119. The van der Waals surface area contributed by atoms with Gasteiger partial charge in [0.05, 0.1) is 21.7 Å². The number of aromatic nitrogens is 1. The normalized spacial score (nSPS) is 14.1. The molecule has 0 radical (unpaired) electrons. The lowest BCUT2D eigenvalue weighted by Crippen LogP contribution is -2.31. The Labute approximate surface area is 258 Å².